The Hall–Kier alpha value is -2.28. The molecular formula is C17H20FN3O2S. The number of hydrogen-bond acceptors (Lipinski definition) is 4. The van der Waals surface area contributed by atoms with E-state index in [1.54, 1.807) is 24.3 Å². The molecule has 2 aromatic carbocycles. The topological polar surface area (TPSA) is 52.7 Å². The van der Waals surface area contributed by atoms with Crippen LogP contribution in [0.4, 0.5) is 21.5 Å². The summed E-state index contributed by atoms with van der Waals surface area (Å²) in [4.78, 5) is 4.26. The van der Waals surface area contributed by atoms with Gasteiger partial charge in [0.25, 0.3) is 0 Å². The van der Waals surface area contributed by atoms with Crippen molar-refractivity contribution in [3.05, 3.63) is 54.3 Å². The minimum Gasteiger partial charge on any atom is -0.368 e. The van der Waals surface area contributed by atoms with Gasteiger partial charge in [0.05, 0.1) is 11.9 Å². The zero-order chi connectivity index (χ0) is 17.2. The van der Waals surface area contributed by atoms with Gasteiger partial charge in [-0.25, -0.2) is 12.8 Å². The largest absolute Gasteiger partial charge is 0.368 e. The average molecular weight is 349 g/mol. The number of nitrogens with zero attached hydrogens (tertiary/aromatic N) is 2. The van der Waals surface area contributed by atoms with Crippen LogP contribution in [-0.2, 0) is 10.0 Å². The Labute approximate surface area is 141 Å². The molecule has 0 atom stereocenters. The number of halogens is 1. The molecule has 0 bridgehead atoms. The molecule has 1 aliphatic rings. The van der Waals surface area contributed by atoms with Gasteiger partial charge in [-0.15, -0.1) is 0 Å². The van der Waals surface area contributed by atoms with Gasteiger partial charge in [-0.3, -0.25) is 4.72 Å². The van der Waals surface area contributed by atoms with Gasteiger partial charge in [0.2, 0.25) is 10.0 Å². The molecule has 3 rings (SSSR count). The van der Waals surface area contributed by atoms with Crippen LogP contribution in [-0.4, -0.2) is 40.9 Å². The van der Waals surface area contributed by atoms with Gasteiger partial charge in [0.15, 0.2) is 0 Å². The lowest BCUT2D eigenvalue weighted by Crippen LogP contribution is -2.46. The second-order valence-corrected chi connectivity index (χ2v) is 7.60. The predicted molar refractivity (Wildman–Crippen MR) is 95.7 cm³/mol. The molecule has 0 amide bonds. The van der Waals surface area contributed by atoms with Crippen LogP contribution < -0.4 is 14.5 Å². The first kappa shape index (κ1) is 16.6. The van der Waals surface area contributed by atoms with Crippen molar-refractivity contribution >= 4 is 27.1 Å². The average Bonchev–Trinajstić information content (AvgIpc) is 2.55. The Kier molecular flexibility index (Phi) is 4.62. The molecule has 24 heavy (non-hydrogen) atoms. The van der Waals surface area contributed by atoms with Gasteiger partial charge in [0, 0.05) is 37.6 Å². The lowest BCUT2D eigenvalue weighted by atomic mass is 10.2. The van der Waals surface area contributed by atoms with Crippen molar-refractivity contribution in [1.82, 2.24) is 0 Å². The van der Waals surface area contributed by atoms with Crippen LogP contribution in [0.2, 0.25) is 0 Å². The molecule has 2 aromatic rings. The third kappa shape index (κ3) is 3.97. The van der Waals surface area contributed by atoms with Crippen LogP contribution in [0.25, 0.3) is 0 Å². The minimum absolute atomic E-state index is 0.192. The van der Waals surface area contributed by atoms with E-state index in [1.807, 2.05) is 23.1 Å². The number of rotatable bonds is 4. The lowest BCUT2D eigenvalue weighted by molar-refractivity contribution is 0.598. The molecule has 1 fully saturated rings. The number of sulfonamides is 1. The first-order valence-corrected chi connectivity index (χ1v) is 9.64. The Bertz CT molecular complexity index is 801. The highest BCUT2D eigenvalue weighted by Crippen LogP contribution is 2.24. The predicted octanol–water partition coefficient (Wildman–Crippen LogP) is 2.52. The molecule has 0 spiro atoms. The maximum absolute atomic E-state index is 13.9. The number of hydrogen-bond donors (Lipinski definition) is 1. The molecule has 0 saturated carbocycles. The quantitative estimate of drug-likeness (QED) is 0.922. The lowest BCUT2D eigenvalue weighted by Gasteiger charge is -2.37. The van der Waals surface area contributed by atoms with Gasteiger partial charge < -0.3 is 9.80 Å². The minimum atomic E-state index is -3.26. The van der Waals surface area contributed by atoms with Crippen LogP contribution in [0.5, 0.6) is 0 Å². The zero-order valence-corrected chi connectivity index (χ0v) is 14.3. The molecule has 1 N–H and O–H groups in total. The summed E-state index contributed by atoms with van der Waals surface area (Å²) in [6, 6.07) is 14.1. The van der Waals surface area contributed by atoms with Crippen molar-refractivity contribution in [1.29, 1.82) is 0 Å². The molecular weight excluding hydrogens is 329 g/mol. The third-order valence-electron chi connectivity index (χ3n) is 4.01. The van der Waals surface area contributed by atoms with Gasteiger partial charge in [-0.2, -0.15) is 0 Å². The van der Waals surface area contributed by atoms with Crippen molar-refractivity contribution in [2.45, 2.75) is 0 Å². The van der Waals surface area contributed by atoms with Crippen molar-refractivity contribution < 1.29 is 12.8 Å². The van der Waals surface area contributed by atoms with Crippen LogP contribution in [0, 0.1) is 5.82 Å². The molecule has 0 aliphatic carbocycles. The van der Waals surface area contributed by atoms with E-state index in [0.29, 0.717) is 11.4 Å². The number of piperazine rings is 1. The van der Waals surface area contributed by atoms with E-state index in [-0.39, 0.29) is 5.82 Å². The summed E-state index contributed by atoms with van der Waals surface area (Å²) in [6.07, 6.45) is 1.13. The first-order valence-electron chi connectivity index (χ1n) is 7.75. The summed E-state index contributed by atoms with van der Waals surface area (Å²) in [5.41, 5.74) is 2.22. The number of benzene rings is 2. The molecule has 0 aromatic heterocycles. The molecule has 1 aliphatic heterocycles. The fourth-order valence-electron chi connectivity index (χ4n) is 2.87. The maximum Gasteiger partial charge on any atom is 0.229 e. The van der Waals surface area contributed by atoms with Crippen LogP contribution in [0.3, 0.4) is 0 Å². The Morgan fingerprint density at radius 3 is 2.08 bits per heavy atom. The highest BCUT2D eigenvalue weighted by atomic mass is 32.2. The summed E-state index contributed by atoms with van der Waals surface area (Å²) in [5.74, 6) is -0.192. The SMILES string of the molecule is CS(=O)(=O)Nc1ccc(N2CCN(c3ccccc3F)CC2)cc1. The Morgan fingerprint density at radius 2 is 1.50 bits per heavy atom. The van der Waals surface area contributed by atoms with Crippen LogP contribution in [0.15, 0.2) is 48.5 Å². The van der Waals surface area contributed by atoms with E-state index in [1.165, 1.54) is 6.07 Å². The Balaban J connectivity index is 1.63. The fraction of sp³-hybridized carbons (Fsp3) is 0.294. The summed E-state index contributed by atoms with van der Waals surface area (Å²) in [6.45, 7) is 3.05. The Morgan fingerprint density at radius 1 is 0.917 bits per heavy atom. The number of anilines is 3. The number of nitrogens with one attached hydrogen (secondary N) is 1. The molecule has 0 unspecified atom stereocenters. The van der Waals surface area contributed by atoms with Crippen molar-refractivity contribution in [3.8, 4) is 0 Å². The zero-order valence-electron chi connectivity index (χ0n) is 13.4. The summed E-state index contributed by atoms with van der Waals surface area (Å²) < 4.78 is 38.8. The van der Waals surface area contributed by atoms with Gasteiger partial charge in [-0.05, 0) is 36.4 Å². The molecule has 7 heteroatoms. The van der Waals surface area contributed by atoms with E-state index in [4.69, 9.17) is 0 Å². The highest BCUT2D eigenvalue weighted by molar-refractivity contribution is 7.92. The molecule has 0 radical (unpaired) electrons. The van der Waals surface area contributed by atoms with Crippen molar-refractivity contribution in [3.63, 3.8) is 0 Å². The van der Waals surface area contributed by atoms with Crippen molar-refractivity contribution in [2.75, 3.05) is 47.0 Å². The maximum atomic E-state index is 13.9. The van der Waals surface area contributed by atoms with Crippen LogP contribution in [0.1, 0.15) is 0 Å². The van der Waals surface area contributed by atoms with Crippen LogP contribution >= 0.6 is 0 Å². The number of para-hydroxylation sites is 1. The molecule has 128 valence electrons. The standard InChI is InChI=1S/C17H20FN3O2S/c1-24(22,23)19-14-6-8-15(9-7-14)20-10-12-21(13-11-20)17-5-3-2-4-16(17)18/h2-9,19H,10-13H2,1H3. The van der Waals surface area contributed by atoms with Gasteiger partial charge >= 0.3 is 0 Å². The molecule has 5 nitrogen and oxygen atoms in total. The fourth-order valence-corrected chi connectivity index (χ4v) is 3.43. The normalized spacial score (nSPS) is 15.4. The highest BCUT2D eigenvalue weighted by Gasteiger charge is 2.19. The van der Waals surface area contributed by atoms with E-state index in [0.717, 1.165) is 38.1 Å². The van der Waals surface area contributed by atoms with E-state index in [9.17, 15) is 12.8 Å². The van der Waals surface area contributed by atoms with E-state index < -0.39 is 10.0 Å². The smallest absolute Gasteiger partial charge is 0.229 e. The van der Waals surface area contributed by atoms with Gasteiger partial charge in [0.1, 0.15) is 5.82 Å². The summed E-state index contributed by atoms with van der Waals surface area (Å²) in [5, 5.41) is 0. The molecule has 1 saturated heterocycles. The second-order valence-electron chi connectivity index (χ2n) is 5.85. The third-order valence-corrected chi connectivity index (χ3v) is 4.62. The van der Waals surface area contributed by atoms with Gasteiger partial charge in [-0.1, -0.05) is 12.1 Å². The van der Waals surface area contributed by atoms with E-state index >= 15 is 0 Å². The second kappa shape index (κ2) is 6.68. The van der Waals surface area contributed by atoms with E-state index in [2.05, 4.69) is 9.62 Å². The summed E-state index contributed by atoms with van der Waals surface area (Å²) >= 11 is 0. The summed E-state index contributed by atoms with van der Waals surface area (Å²) in [7, 11) is -3.26. The first-order chi connectivity index (χ1) is 11.4. The van der Waals surface area contributed by atoms with Crippen molar-refractivity contribution in [2.24, 2.45) is 0 Å². The molecule has 1 heterocycles. The monoisotopic (exact) mass is 349 g/mol.